The maximum atomic E-state index is 12.1. The molecule has 5 nitrogen and oxygen atoms in total. The number of methoxy groups -OCH3 is 1. The molecule has 1 aromatic heterocycles. The van der Waals surface area contributed by atoms with Crippen LogP contribution in [0.2, 0.25) is 0 Å². The van der Waals surface area contributed by atoms with Gasteiger partial charge in [-0.3, -0.25) is 9.78 Å². The van der Waals surface area contributed by atoms with Gasteiger partial charge in [0.05, 0.1) is 30.5 Å². The van der Waals surface area contributed by atoms with Crippen molar-refractivity contribution in [1.29, 1.82) is 0 Å². The molecule has 1 aliphatic carbocycles. The summed E-state index contributed by atoms with van der Waals surface area (Å²) in [4.78, 5) is 15.8. The SMILES string of the molecule is COC(=O)CC1(CS(=O)(=O)Cc2cncs2)CC1. The number of hydrogen-bond donors (Lipinski definition) is 0. The lowest BCUT2D eigenvalue weighted by Gasteiger charge is -2.13. The lowest BCUT2D eigenvalue weighted by atomic mass is 10.1. The summed E-state index contributed by atoms with van der Waals surface area (Å²) < 4.78 is 28.7. The van der Waals surface area contributed by atoms with Gasteiger partial charge in [-0.15, -0.1) is 11.3 Å². The van der Waals surface area contributed by atoms with Crippen molar-refractivity contribution in [2.45, 2.75) is 25.0 Å². The monoisotopic (exact) mass is 289 g/mol. The van der Waals surface area contributed by atoms with Gasteiger partial charge in [-0.1, -0.05) is 0 Å². The minimum atomic E-state index is -3.19. The maximum Gasteiger partial charge on any atom is 0.306 e. The van der Waals surface area contributed by atoms with Crippen LogP contribution in [0.4, 0.5) is 0 Å². The molecule has 0 aliphatic heterocycles. The van der Waals surface area contributed by atoms with Gasteiger partial charge in [-0.2, -0.15) is 0 Å². The van der Waals surface area contributed by atoms with Gasteiger partial charge in [-0.05, 0) is 18.3 Å². The highest BCUT2D eigenvalue weighted by Crippen LogP contribution is 2.50. The summed E-state index contributed by atoms with van der Waals surface area (Å²) in [5.41, 5.74) is 1.24. The molecule has 0 atom stereocenters. The number of thiazole rings is 1. The Morgan fingerprint density at radius 1 is 1.56 bits per heavy atom. The predicted molar refractivity (Wildman–Crippen MR) is 67.9 cm³/mol. The van der Waals surface area contributed by atoms with E-state index in [9.17, 15) is 13.2 Å². The molecule has 1 fully saturated rings. The molecule has 1 saturated carbocycles. The van der Waals surface area contributed by atoms with E-state index >= 15 is 0 Å². The number of ether oxygens (including phenoxy) is 1. The van der Waals surface area contributed by atoms with Gasteiger partial charge in [0.2, 0.25) is 0 Å². The summed E-state index contributed by atoms with van der Waals surface area (Å²) in [5.74, 6) is -0.256. The molecule has 0 saturated heterocycles. The highest BCUT2D eigenvalue weighted by molar-refractivity contribution is 7.90. The Hall–Kier alpha value is -0.950. The Bertz CT molecular complexity index is 517. The van der Waals surface area contributed by atoms with E-state index in [1.165, 1.54) is 18.4 Å². The first-order valence-corrected chi connectivity index (χ1v) is 8.29. The second kappa shape index (κ2) is 4.97. The number of rotatable bonds is 6. The van der Waals surface area contributed by atoms with Gasteiger partial charge < -0.3 is 4.74 Å². The molecule has 1 heterocycles. The van der Waals surface area contributed by atoms with Crippen molar-refractivity contribution in [2.75, 3.05) is 12.9 Å². The second-order valence-corrected chi connectivity index (χ2v) is 7.79. The van der Waals surface area contributed by atoms with Crippen LogP contribution in [0, 0.1) is 5.41 Å². The van der Waals surface area contributed by atoms with E-state index in [1.54, 1.807) is 11.7 Å². The molecule has 0 radical (unpaired) electrons. The molecule has 0 spiro atoms. The van der Waals surface area contributed by atoms with Gasteiger partial charge >= 0.3 is 5.97 Å². The third kappa shape index (κ3) is 3.52. The quantitative estimate of drug-likeness (QED) is 0.740. The molecular weight excluding hydrogens is 274 g/mol. The summed E-state index contributed by atoms with van der Waals surface area (Å²) in [5, 5.41) is 0. The molecule has 0 amide bonds. The Morgan fingerprint density at radius 3 is 2.78 bits per heavy atom. The summed E-state index contributed by atoms with van der Waals surface area (Å²) in [6, 6.07) is 0. The van der Waals surface area contributed by atoms with Gasteiger partial charge in [0.25, 0.3) is 0 Å². The molecular formula is C11H15NO4S2. The van der Waals surface area contributed by atoms with Crippen LogP contribution < -0.4 is 0 Å². The molecule has 0 unspecified atom stereocenters. The average Bonchev–Trinajstić information content (AvgIpc) is 2.82. The fourth-order valence-electron chi connectivity index (χ4n) is 1.97. The lowest BCUT2D eigenvalue weighted by Crippen LogP contribution is -2.22. The third-order valence-electron chi connectivity index (χ3n) is 3.08. The van der Waals surface area contributed by atoms with Gasteiger partial charge in [-0.25, -0.2) is 8.42 Å². The zero-order chi connectivity index (χ0) is 13.2. The van der Waals surface area contributed by atoms with Crippen molar-refractivity contribution >= 4 is 27.1 Å². The highest BCUT2D eigenvalue weighted by Gasteiger charge is 2.47. The van der Waals surface area contributed by atoms with E-state index in [2.05, 4.69) is 9.72 Å². The smallest absolute Gasteiger partial charge is 0.306 e. The van der Waals surface area contributed by atoms with Crippen molar-refractivity contribution in [3.8, 4) is 0 Å². The number of carbonyl (C=O) groups is 1. The normalized spacial score (nSPS) is 17.4. The first kappa shape index (κ1) is 13.5. The van der Waals surface area contributed by atoms with Gasteiger partial charge in [0, 0.05) is 11.1 Å². The number of hydrogen-bond acceptors (Lipinski definition) is 6. The van der Waals surface area contributed by atoms with Crippen molar-refractivity contribution in [3.05, 3.63) is 16.6 Å². The van der Waals surface area contributed by atoms with Crippen molar-refractivity contribution in [2.24, 2.45) is 5.41 Å². The van der Waals surface area contributed by atoms with E-state index in [0.29, 0.717) is 0 Å². The standard InChI is InChI=1S/C11H15NO4S2/c1-16-10(13)4-11(2-3-11)7-18(14,15)6-9-5-12-8-17-9/h5,8H,2-4,6-7H2,1H3. The summed E-state index contributed by atoms with van der Waals surface area (Å²) >= 11 is 1.33. The fraction of sp³-hybridized carbons (Fsp3) is 0.636. The van der Waals surface area contributed by atoms with Crippen LogP contribution in [-0.2, 0) is 25.1 Å². The van der Waals surface area contributed by atoms with Crippen LogP contribution in [0.25, 0.3) is 0 Å². The maximum absolute atomic E-state index is 12.1. The van der Waals surface area contributed by atoms with Crippen LogP contribution in [0.15, 0.2) is 11.7 Å². The molecule has 1 aromatic rings. The molecule has 2 rings (SSSR count). The average molecular weight is 289 g/mol. The number of esters is 1. The number of nitrogens with zero attached hydrogens (tertiary/aromatic N) is 1. The largest absolute Gasteiger partial charge is 0.469 e. The summed E-state index contributed by atoms with van der Waals surface area (Å²) in [6.07, 6.45) is 3.33. The molecule has 0 bridgehead atoms. The van der Waals surface area contributed by atoms with E-state index in [4.69, 9.17) is 0 Å². The van der Waals surface area contributed by atoms with Gasteiger partial charge in [0.1, 0.15) is 0 Å². The van der Waals surface area contributed by atoms with E-state index in [-0.39, 0.29) is 29.3 Å². The van der Waals surface area contributed by atoms with Crippen LogP contribution in [0.3, 0.4) is 0 Å². The zero-order valence-corrected chi connectivity index (χ0v) is 11.7. The Morgan fingerprint density at radius 2 is 2.28 bits per heavy atom. The fourth-order valence-corrected chi connectivity index (χ4v) is 5.10. The van der Waals surface area contributed by atoms with Crippen LogP contribution in [-0.4, -0.2) is 32.2 Å². The minimum Gasteiger partial charge on any atom is -0.469 e. The van der Waals surface area contributed by atoms with E-state index in [1.807, 2.05) is 0 Å². The molecule has 0 N–H and O–H groups in total. The number of sulfone groups is 1. The first-order valence-electron chi connectivity index (χ1n) is 5.59. The van der Waals surface area contributed by atoms with Crippen LogP contribution in [0.1, 0.15) is 24.1 Å². The predicted octanol–water partition coefficient (Wildman–Crippen LogP) is 1.40. The summed E-state index contributed by atoms with van der Waals surface area (Å²) in [6.45, 7) is 0. The van der Waals surface area contributed by atoms with Crippen LogP contribution in [0.5, 0.6) is 0 Å². The van der Waals surface area contributed by atoms with Crippen molar-refractivity contribution in [3.63, 3.8) is 0 Å². The highest BCUT2D eigenvalue weighted by atomic mass is 32.2. The zero-order valence-electron chi connectivity index (χ0n) is 10.1. The Kier molecular flexibility index (Phi) is 3.72. The minimum absolute atomic E-state index is 0.0145. The number of aromatic nitrogens is 1. The molecule has 0 aromatic carbocycles. The van der Waals surface area contributed by atoms with Crippen molar-refractivity contribution in [1.82, 2.24) is 4.98 Å². The number of carbonyl (C=O) groups excluding carboxylic acids is 1. The molecule has 100 valence electrons. The molecule has 7 heteroatoms. The summed E-state index contributed by atoms with van der Waals surface area (Å²) in [7, 11) is -1.87. The molecule has 18 heavy (non-hydrogen) atoms. The van der Waals surface area contributed by atoms with E-state index in [0.717, 1.165) is 17.7 Å². The topological polar surface area (TPSA) is 73.3 Å². The van der Waals surface area contributed by atoms with E-state index < -0.39 is 9.84 Å². The lowest BCUT2D eigenvalue weighted by molar-refractivity contribution is -0.141. The third-order valence-corrected chi connectivity index (χ3v) is 5.84. The molecule has 1 aliphatic rings. The first-order chi connectivity index (χ1) is 8.45. The van der Waals surface area contributed by atoms with Crippen molar-refractivity contribution < 1.29 is 17.9 Å². The Balaban J connectivity index is 1.98. The Labute approximate surface area is 110 Å². The second-order valence-electron chi connectivity index (χ2n) is 4.75. The van der Waals surface area contributed by atoms with Crippen LogP contribution >= 0.6 is 11.3 Å². The van der Waals surface area contributed by atoms with Gasteiger partial charge in [0.15, 0.2) is 9.84 Å².